The van der Waals surface area contributed by atoms with Gasteiger partial charge in [-0.05, 0) is 44.9 Å². The van der Waals surface area contributed by atoms with E-state index in [-0.39, 0.29) is 0 Å². The van der Waals surface area contributed by atoms with Crippen LogP contribution in [0.5, 0.6) is 5.75 Å². The third kappa shape index (κ3) is 3.98. The number of benzene rings is 1. The van der Waals surface area contributed by atoms with Crippen molar-refractivity contribution in [2.75, 3.05) is 0 Å². The van der Waals surface area contributed by atoms with Crippen LogP contribution >= 0.6 is 0 Å². The Balaban J connectivity index is 2.70. The molecule has 1 aromatic carbocycles. The van der Waals surface area contributed by atoms with E-state index >= 15 is 0 Å². The van der Waals surface area contributed by atoms with E-state index < -0.39 is 23.5 Å². The molecule has 1 aromatic rings. The van der Waals surface area contributed by atoms with Gasteiger partial charge in [0.2, 0.25) is 0 Å². The molecule has 0 fully saturated rings. The van der Waals surface area contributed by atoms with Crippen LogP contribution in [0.4, 0.5) is 0 Å². The summed E-state index contributed by atoms with van der Waals surface area (Å²) in [6.07, 6.45) is -0.465. The SMILES string of the molecule is CCC(C)(NC(=O)C(C)Oc1cccc(C)c1)C(=O)O. The van der Waals surface area contributed by atoms with Crippen LogP contribution in [0.3, 0.4) is 0 Å². The van der Waals surface area contributed by atoms with Gasteiger partial charge in [-0.2, -0.15) is 0 Å². The molecule has 2 atom stereocenters. The molecule has 1 amide bonds. The minimum absolute atomic E-state index is 0.297. The van der Waals surface area contributed by atoms with Gasteiger partial charge in [0.05, 0.1) is 0 Å². The van der Waals surface area contributed by atoms with Gasteiger partial charge in [0, 0.05) is 0 Å². The lowest BCUT2D eigenvalue weighted by molar-refractivity contribution is -0.148. The fraction of sp³-hybridized carbons (Fsp3) is 0.467. The van der Waals surface area contributed by atoms with Crippen molar-refractivity contribution >= 4 is 11.9 Å². The monoisotopic (exact) mass is 279 g/mol. The lowest BCUT2D eigenvalue weighted by Gasteiger charge is -2.26. The minimum Gasteiger partial charge on any atom is -0.481 e. The van der Waals surface area contributed by atoms with Crippen LogP contribution in [0.25, 0.3) is 0 Å². The van der Waals surface area contributed by atoms with E-state index in [2.05, 4.69) is 5.32 Å². The molecular formula is C15H21NO4. The van der Waals surface area contributed by atoms with Crippen LogP contribution in [0.2, 0.25) is 0 Å². The summed E-state index contributed by atoms with van der Waals surface area (Å²) in [6, 6.07) is 7.34. The number of carboxylic acid groups (broad SMARTS) is 1. The number of carbonyl (C=O) groups excluding carboxylic acids is 1. The molecule has 5 heteroatoms. The van der Waals surface area contributed by atoms with Crippen LogP contribution in [0.1, 0.15) is 32.8 Å². The van der Waals surface area contributed by atoms with Crippen molar-refractivity contribution < 1.29 is 19.4 Å². The molecule has 5 nitrogen and oxygen atoms in total. The molecule has 0 radical (unpaired) electrons. The first-order valence-corrected chi connectivity index (χ1v) is 6.57. The molecule has 0 aliphatic carbocycles. The number of nitrogens with one attached hydrogen (secondary N) is 1. The number of carboxylic acids is 1. The summed E-state index contributed by atoms with van der Waals surface area (Å²) in [4.78, 5) is 23.2. The summed E-state index contributed by atoms with van der Waals surface area (Å²) in [7, 11) is 0. The molecule has 0 heterocycles. The first kappa shape index (κ1) is 16.0. The molecule has 0 spiro atoms. The highest BCUT2D eigenvalue weighted by atomic mass is 16.5. The molecule has 1 rings (SSSR count). The standard InChI is InChI=1S/C15H21NO4/c1-5-15(4,14(18)19)16-13(17)11(3)20-12-8-6-7-10(2)9-12/h6-9,11H,5H2,1-4H3,(H,16,17)(H,18,19). The Kier molecular flexibility index (Phi) is 5.13. The van der Waals surface area contributed by atoms with Crippen molar-refractivity contribution in [3.8, 4) is 5.75 Å². The summed E-state index contributed by atoms with van der Waals surface area (Å²) in [6.45, 7) is 6.71. The molecule has 110 valence electrons. The van der Waals surface area contributed by atoms with Gasteiger partial charge in [-0.3, -0.25) is 4.79 Å². The summed E-state index contributed by atoms with van der Waals surface area (Å²) < 4.78 is 5.52. The Morgan fingerprint density at radius 3 is 2.60 bits per heavy atom. The lowest BCUT2D eigenvalue weighted by Crippen LogP contribution is -2.54. The maximum Gasteiger partial charge on any atom is 0.329 e. The Bertz CT molecular complexity index is 500. The molecule has 0 aromatic heterocycles. The van der Waals surface area contributed by atoms with Crippen LogP contribution in [-0.2, 0) is 9.59 Å². The van der Waals surface area contributed by atoms with E-state index in [1.165, 1.54) is 6.92 Å². The van der Waals surface area contributed by atoms with Crippen molar-refractivity contribution in [2.24, 2.45) is 0 Å². The first-order chi connectivity index (χ1) is 9.28. The number of carbonyl (C=O) groups is 2. The maximum absolute atomic E-state index is 12.0. The Labute approximate surface area is 118 Å². The summed E-state index contributed by atoms with van der Waals surface area (Å²) in [5, 5.41) is 11.6. The van der Waals surface area contributed by atoms with Crippen LogP contribution in [0.15, 0.2) is 24.3 Å². The number of aliphatic carboxylic acids is 1. The first-order valence-electron chi connectivity index (χ1n) is 6.57. The second kappa shape index (κ2) is 6.41. The summed E-state index contributed by atoms with van der Waals surface area (Å²) in [5.74, 6) is -0.921. The van der Waals surface area contributed by atoms with Crippen molar-refractivity contribution in [1.29, 1.82) is 0 Å². The topological polar surface area (TPSA) is 75.6 Å². The van der Waals surface area contributed by atoms with Gasteiger partial charge in [-0.15, -0.1) is 0 Å². The second-order valence-corrected chi connectivity index (χ2v) is 5.06. The van der Waals surface area contributed by atoms with E-state index in [0.29, 0.717) is 12.2 Å². The van der Waals surface area contributed by atoms with Gasteiger partial charge in [0.1, 0.15) is 11.3 Å². The predicted molar refractivity (Wildman–Crippen MR) is 75.7 cm³/mol. The van der Waals surface area contributed by atoms with Crippen LogP contribution < -0.4 is 10.1 Å². The predicted octanol–water partition coefficient (Wildman–Crippen LogP) is 2.13. The highest BCUT2D eigenvalue weighted by Gasteiger charge is 2.34. The highest BCUT2D eigenvalue weighted by molar-refractivity contribution is 5.88. The molecule has 0 aliphatic heterocycles. The quantitative estimate of drug-likeness (QED) is 0.836. The number of amides is 1. The zero-order valence-corrected chi connectivity index (χ0v) is 12.3. The smallest absolute Gasteiger partial charge is 0.329 e. The maximum atomic E-state index is 12.0. The van der Waals surface area contributed by atoms with Crippen molar-refractivity contribution in [3.05, 3.63) is 29.8 Å². The number of hydrogen-bond donors (Lipinski definition) is 2. The third-order valence-electron chi connectivity index (χ3n) is 3.25. The van der Waals surface area contributed by atoms with Gasteiger partial charge in [0.15, 0.2) is 6.10 Å². The zero-order valence-electron chi connectivity index (χ0n) is 12.3. The van der Waals surface area contributed by atoms with Gasteiger partial charge < -0.3 is 15.2 Å². The van der Waals surface area contributed by atoms with E-state index in [4.69, 9.17) is 9.84 Å². The van der Waals surface area contributed by atoms with Crippen molar-refractivity contribution in [3.63, 3.8) is 0 Å². The fourth-order valence-corrected chi connectivity index (χ4v) is 1.61. The number of ether oxygens (including phenoxy) is 1. The molecule has 2 unspecified atom stereocenters. The van der Waals surface area contributed by atoms with E-state index in [9.17, 15) is 9.59 Å². The second-order valence-electron chi connectivity index (χ2n) is 5.06. The van der Waals surface area contributed by atoms with E-state index in [0.717, 1.165) is 5.56 Å². The van der Waals surface area contributed by atoms with Crippen LogP contribution in [0, 0.1) is 6.92 Å². The number of rotatable bonds is 6. The third-order valence-corrected chi connectivity index (χ3v) is 3.25. The van der Waals surface area contributed by atoms with E-state index in [1.807, 2.05) is 25.1 Å². The van der Waals surface area contributed by atoms with E-state index in [1.54, 1.807) is 19.9 Å². The Morgan fingerprint density at radius 2 is 2.10 bits per heavy atom. The van der Waals surface area contributed by atoms with Gasteiger partial charge in [-0.25, -0.2) is 4.79 Å². The number of hydrogen-bond acceptors (Lipinski definition) is 3. The van der Waals surface area contributed by atoms with Gasteiger partial charge in [-0.1, -0.05) is 19.1 Å². The highest BCUT2D eigenvalue weighted by Crippen LogP contribution is 2.15. The van der Waals surface area contributed by atoms with Gasteiger partial charge >= 0.3 is 5.97 Å². The van der Waals surface area contributed by atoms with Crippen molar-refractivity contribution in [2.45, 2.75) is 45.8 Å². The summed E-state index contributed by atoms with van der Waals surface area (Å²) >= 11 is 0. The van der Waals surface area contributed by atoms with Crippen LogP contribution in [-0.4, -0.2) is 28.6 Å². The fourth-order valence-electron chi connectivity index (χ4n) is 1.61. The molecule has 0 saturated carbocycles. The average Bonchev–Trinajstić information content (AvgIpc) is 2.38. The Morgan fingerprint density at radius 1 is 1.45 bits per heavy atom. The Hall–Kier alpha value is -2.04. The van der Waals surface area contributed by atoms with Crippen molar-refractivity contribution in [1.82, 2.24) is 5.32 Å². The minimum atomic E-state index is -1.28. The lowest BCUT2D eigenvalue weighted by atomic mass is 9.99. The molecule has 20 heavy (non-hydrogen) atoms. The average molecular weight is 279 g/mol. The largest absolute Gasteiger partial charge is 0.481 e. The molecule has 0 saturated heterocycles. The molecular weight excluding hydrogens is 258 g/mol. The summed E-state index contributed by atoms with van der Waals surface area (Å²) in [5.41, 5.74) is -0.250. The molecule has 2 N–H and O–H groups in total. The number of aryl methyl sites for hydroxylation is 1. The normalized spacial score (nSPS) is 15.0. The zero-order chi connectivity index (χ0) is 15.3. The van der Waals surface area contributed by atoms with Gasteiger partial charge in [0.25, 0.3) is 5.91 Å². The molecule has 0 aliphatic rings. The molecule has 0 bridgehead atoms.